The predicted octanol–water partition coefficient (Wildman–Crippen LogP) is 1.32. The maximum absolute atomic E-state index is 9.54. The van der Waals surface area contributed by atoms with Gasteiger partial charge in [0, 0.05) is 31.4 Å². The summed E-state index contributed by atoms with van der Waals surface area (Å²) in [4.78, 5) is 0. The largest absolute Gasteiger partial charge is 0.508 e. The molecule has 0 radical (unpaired) electrons. The van der Waals surface area contributed by atoms with E-state index in [4.69, 9.17) is 22.1 Å². The highest BCUT2D eigenvalue weighted by Crippen LogP contribution is 2.20. The number of hydrazone groups is 1. The van der Waals surface area contributed by atoms with Crippen LogP contribution < -0.4 is 10.7 Å². The maximum atomic E-state index is 9.54. The van der Waals surface area contributed by atoms with Gasteiger partial charge in [0.15, 0.2) is 5.11 Å². The maximum Gasteiger partial charge on any atom is 0.186 e. The zero-order chi connectivity index (χ0) is 14.8. The Morgan fingerprint density at radius 1 is 1.45 bits per heavy atom. The van der Waals surface area contributed by atoms with Crippen molar-refractivity contribution >= 4 is 23.5 Å². The SMILES string of the molecule is CCOCCCNC(=S)N/N=C/c1ccc(O)cc1O. The van der Waals surface area contributed by atoms with E-state index in [1.807, 2.05) is 6.92 Å². The van der Waals surface area contributed by atoms with E-state index in [-0.39, 0.29) is 11.5 Å². The summed E-state index contributed by atoms with van der Waals surface area (Å²) in [5.74, 6) is -0.0507. The monoisotopic (exact) mass is 297 g/mol. The van der Waals surface area contributed by atoms with Crippen LogP contribution in [0.5, 0.6) is 11.5 Å². The van der Waals surface area contributed by atoms with Gasteiger partial charge in [-0.15, -0.1) is 0 Å². The molecule has 6 nitrogen and oxygen atoms in total. The zero-order valence-electron chi connectivity index (χ0n) is 11.3. The molecule has 0 saturated carbocycles. The summed E-state index contributed by atoms with van der Waals surface area (Å²) in [7, 11) is 0. The number of nitrogens with zero attached hydrogens (tertiary/aromatic N) is 1. The molecule has 0 fully saturated rings. The van der Waals surface area contributed by atoms with Crippen molar-refractivity contribution in [1.82, 2.24) is 10.7 Å². The molecule has 0 saturated heterocycles. The number of hydrogen-bond donors (Lipinski definition) is 4. The average Bonchev–Trinajstić information content (AvgIpc) is 2.41. The Morgan fingerprint density at radius 3 is 2.95 bits per heavy atom. The molecule has 1 rings (SSSR count). The minimum absolute atomic E-state index is 0.000838. The third-order valence-electron chi connectivity index (χ3n) is 2.34. The number of phenols is 2. The van der Waals surface area contributed by atoms with Gasteiger partial charge in [-0.1, -0.05) is 0 Å². The molecule has 0 atom stereocenters. The minimum atomic E-state index is -0.0499. The first-order valence-electron chi connectivity index (χ1n) is 6.30. The predicted molar refractivity (Wildman–Crippen MR) is 82.2 cm³/mol. The first-order chi connectivity index (χ1) is 9.63. The molecule has 20 heavy (non-hydrogen) atoms. The zero-order valence-corrected chi connectivity index (χ0v) is 12.1. The van der Waals surface area contributed by atoms with E-state index in [0.717, 1.165) is 6.42 Å². The second-order valence-corrected chi connectivity index (χ2v) is 4.33. The summed E-state index contributed by atoms with van der Waals surface area (Å²) < 4.78 is 5.20. The summed E-state index contributed by atoms with van der Waals surface area (Å²) in [5, 5.41) is 26.0. The van der Waals surface area contributed by atoms with Gasteiger partial charge >= 0.3 is 0 Å². The molecule has 0 aliphatic carbocycles. The molecule has 0 heterocycles. The van der Waals surface area contributed by atoms with Crippen molar-refractivity contribution in [2.24, 2.45) is 5.10 Å². The molecular weight excluding hydrogens is 278 g/mol. The smallest absolute Gasteiger partial charge is 0.186 e. The van der Waals surface area contributed by atoms with Crippen molar-refractivity contribution in [2.75, 3.05) is 19.8 Å². The van der Waals surface area contributed by atoms with Gasteiger partial charge in [0.25, 0.3) is 0 Å². The van der Waals surface area contributed by atoms with E-state index in [2.05, 4.69) is 15.8 Å². The number of thiocarbonyl (C=S) groups is 1. The fourth-order valence-electron chi connectivity index (χ4n) is 1.36. The number of benzene rings is 1. The molecule has 0 amide bonds. The molecule has 1 aromatic carbocycles. The number of hydrogen-bond acceptors (Lipinski definition) is 5. The van der Waals surface area contributed by atoms with Crippen LogP contribution in [0, 0.1) is 0 Å². The molecule has 1 aromatic rings. The summed E-state index contributed by atoms with van der Waals surface area (Å²) in [6.45, 7) is 4.05. The normalized spacial score (nSPS) is 10.7. The van der Waals surface area contributed by atoms with E-state index in [9.17, 15) is 5.11 Å². The van der Waals surface area contributed by atoms with Gasteiger partial charge in [-0.2, -0.15) is 5.10 Å². The quantitative estimate of drug-likeness (QED) is 0.263. The van der Waals surface area contributed by atoms with E-state index in [1.54, 1.807) is 6.07 Å². The van der Waals surface area contributed by atoms with E-state index in [1.165, 1.54) is 18.3 Å². The standard InChI is InChI=1S/C13H19N3O3S/c1-2-19-7-3-6-14-13(20)16-15-9-10-4-5-11(17)8-12(10)18/h4-5,8-9,17-18H,2-3,6-7H2,1H3,(H2,14,16,20)/b15-9+. The highest BCUT2D eigenvalue weighted by atomic mass is 32.1. The van der Waals surface area contributed by atoms with Crippen LogP contribution >= 0.6 is 12.2 Å². The van der Waals surface area contributed by atoms with Crippen molar-refractivity contribution in [2.45, 2.75) is 13.3 Å². The summed E-state index contributed by atoms with van der Waals surface area (Å²) in [6, 6.07) is 4.26. The Hall–Kier alpha value is -1.86. The van der Waals surface area contributed by atoms with Crippen LogP contribution in [-0.4, -0.2) is 41.3 Å². The van der Waals surface area contributed by atoms with Crippen molar-refractivity contribution < 1.29 is 14.9 Å². The van der Waals surface area contributed by atoms with Crippen LogP contribution in [0.3, 0.4) is 0 Å². The van der Waals surface area contributed by atoms with Crippen LogP contribution in [0.2, 0.25) is 0 Å². The van der Waals surface area contributed by atoms with Crippen molar-refractivity contribution in [3.63, 3.8) is 0 Å². The number of nitrogens with one attached hydrogen (secondary N) is 2. The molecule has 0 aromatic heterocycles. The van der Waals surface area contributed by atoms with Gasteiger partial charge in [-0.3, -0.25) is 5.43 Å². The summed E-state index contributed by atoms with van der Waals surface area (Å²) >= 11 is 5.02. The lowest BCUT2D eigenvalue weighted by Crippen LogP contribution is -2.33. The van der Waals surface area contributed by atoms with Crippen molar-refractivity contribution in [3.05, 3.63) is 23.8 Å². The second kappa shape index (κ2) is 9.11. The fraction of sp³-hybridized carbons (Fsp3) is 0.385. The Morgan fingerprint density at radius 2 is 2.25 bits per heavy atom. The summed E-state index contributed by atoms with van der Waals surface area (Å²) in [6.07, 6.45) is 2.28. The van der Waals surface area contributed by atoms with Crippen LogP contribution in [0.4, 0.5) is 0 Å². The van der Waals surface area contributed by atoms with Crippen LogP contribution in [-0.2, 0) is 4.74 Å². The van der Waals surface area contributed by atoms with Crippen LogP contribution in [0.25, 0.3) is 0 Å². The Bertz CT molecular complexity index is 466. The Balaban J connectivity index is 2.28. The highest BCUT2D eigenvalue weighted by molar-refractivity contribution is 7.80. The van der Waals surface area contributed by atoms with Gasteiger partial charge in [-0.25, -0.2) is 0 Å². The van der Waals surface area contributed by atoms with Crippen LogP contribution in [0.1, 0.15) is 18.9 Å². The van der Waals surface area contributed by atoms with Crippen molar-refractivity contribution in [3.8, 4) is 11.5 Å². The first kappa shape index (κ1) is 16.2. The van der Waals surface area contributed by atoms with Gasteiger partial charge in [0.05, 0.1) is 6.21 Å². The lowest BCUT2D eigenvalue weighted by atomic mass is 10.2. The van der Waals surface area contributed by atoms with Crippen LogP contribution in [0.15, 0.2) is 23.3 Å². The first-order valence-corrected chi connectivity index (χ1v) is 6.71. The number of aromatic hydroxyl groups is 2. The number of rotatable bonds is 7. The molecule has 110 valence electrons. The average molecular weight is 297 g/mol. The van der Waals surface area contributed by atoms with Gasteiger partial charge < -0.3 is 20.3 Å². The molecule has 0 unspecified atom stereocenters. The fourth-order valence-corrected chi connectivity index (χ4v) is 1.52. The number of phenolic OH excluding ortho intramolecular Hbond substituents is 2. The Labute approximate surface area is 123 Å². The molecular formula is C13H19N3O3S. The van der Waals surface area contributed by atoms with E-state index in [0.29, 0.717) is 30.4 Å². The Kier molecular flexibility index (Phi) is 7.38. The highest BCUT2D eigenvalue weighted by Gasteiger charge is 1.99. The number of ether oxygens (including phenoxy) is 1. The van der Waals surface area contributed by atoms with Gasteiger partial charge in [0.1, 0.15) is 11.5 Å². The molecule has 0 aliphatic rings. The lowest BCUT2D eigenvalue weighted by Gasteiger charge is -2.06. The minimum Gasteiger partial charge on any atom is -0.508 e. The summed E-state index contributed by atoms with van der Waals surface area (Å²) in [5.41, 5.74) is 3.12. The van der Waals surface area contributed by atoms with Gasteiger partial charge in [0.2, 0.25) is 0 Å². The molecule has 0 aliphatic heterocycles. The van der Waals surface area contributed by atoms with Crippen molar-refractivity contribution in [1.29, 1.82) is 0 Å². The topological polar surface area (TPSA) is 86.1 Å². The second-order valence-electron chi connectivity index (χ2n) is 3.92. The molecule has 0 bridgehead atoms. The molecule has 7 heteroatoms. The molecule has 0 spiro atoms. The lowest BCUT2D eigenvalue weighted by molar-refractivity contribution is 0.145. The van der Waals surface area contributed by atoms with Gasteiger partial charge in [-0.05, 0) is 37.7 Å². The van der Waals surface area contributed by atoms with E-state index >= 15 is 0 Å². The third kappa shape index (κ3) is 6.35. The van der Waals surface area contributed by atoms with E-state index < -0.39 is 0 Å². The third-order valence-corrected chi connectivity index (χ3v) is 2.57. The molecule has 4 N–H and O–H groups in total.